The minimum absolute atomic E-state index is 0.0982. The Kier molecular flexibility index (Phi) is 52.8. The van der Waals surface area contributed by atoms with Gasteiger partial charge < -0.3 is 14.2 Å². The maximum Gasteiger partial charge on any atom is 0.306 e. The predicted octanol–water partition coefficient (Wildman–Crippen LogP) is 19.0. The minimum Gasteiger partial charge on any atom is -0.462 e. The largest absolute Gasteiger partial charge is 0.462 e. The highest BCUT2D eigenvalue weighted by Gasteiger charge is 2.19. The van der Waals surface area contributed by atoms with Crippen LogP contribution >= 0.6 is 0 Å². The SMILES string of the molecule is CC/C=C\C/C=C\C/C=C\C/C=C\C/C=C\CCCC(=O)O[C@H](COC(=O)CCCCCCC/C=C\CCCCCCCC)COC(=O)CCCCCCCCCCCCCCCCCCC. The van der Waals surface area contributed by atoms with Gasteiger partial charge >= 0.3 is 17.9 Å². The van der Waals surface area contributed by atoms with Crippen molar-refractivity contribution in [3.05, 3.63) is 72.9 Å². The second-order valence-corrected chi connectivity index (χ2v) is 18.8. The lowest BCUT2D eigenvalue weighted by atomic mass is 10.0. The monoisotopic (exact) mass is 935 g/mol. The molecule has 0 aromatic carbocycles. The van der Waals surface area contributed by atoms with Crippen molar-refractivity contribution in [1.82, 2.24) is 0 Å². The molecule has 6 heteroatoms. The summed E-state index contributed by atoms with van der Waals surface area (Å²) in [5.41, 5.74) is 0. The Labute approximate surface area is 414 Å². The Bertz CT molecular complexity index is 1260. The van der Waals surface area contributed by atoms with Gasteiger partial charge in [0.2, 0.25) is 0 Å². The van der Waals surface area contributed by atoms with E-state index in [2.05, 4.69) is 93.7 Å². The van der Waals surface area contributed by atoms with E-state index in [0.717, 1.165) is 83.5 Å². The van der Waals surface area contributed by atoms with Crippen molar-refractivity contribution in [3.63, 3.8) is 0 Å². The average molecular weight is 936 g/mol. The van der Waals surface area contributed by atoms with Gasteiger partial charge in [0.05, 0.1) is 0 Å². The minimum atomic E-state index is -0.807. The summed E-state index contributed by atoms with van der Waals surface area (Å²) in [5.74, 6) is -0.957. The van der Waals surface area contributed by atoms with Crippen molar-refractivity contribution in [1.29, 1.82) is 0 Å². The molecule has 0 saturated heterocycles. The molecule has 0 rings (SSSR count). The van der Waals surface area contributed by atoms with E-state index in [-0.39, 0.29) is 37.5 Å². The van der Waals surface area contributed by atoms with Gasteiger partial charge in [0.15, 0.2) is 6.10 Å². The number of hydrogen-bond donors (Lipinski definition) is 0. The molecule has 1 atom stereocenters. The van der Waals surface area contributed by atoms with Crippen LogP contribution in [0, 0.1) is 0 Å². The molecule has 0 unspecified atom stereocenters. The Balaban J connectivity index is 4.46. The summed E-state index contributed by atoms with van der Waals surface area (Å²) < 4.78 is 16.8. The standard InChI is InChI=1S/C61H106O6/c1-4-7-10-13-16-19-22-25-28-30-33-36-39-42-45-48-51-54-60(63)66-57-58(56-65-59(62)53-50-47-44-41-38-35-32-27-24-21-18-15-12-9-6-3)67-61(64)55-52-49-46-43-40-37-34-31-29-26-23-20-17-14-11-8-5-2/h8,11,17,20,26-27,29,32,34,37,43,46,58H,4-7,9-10,12-16,18-19,21-25,28,30-31,33,35-36,38-42,44-45,47-57H2,1-3H3/b11-8-,20-17-,29-26-,32-27-,37-34-,46-43-/t58-/m1/s1. The van der Waals surface area contributed by atoms with E-state index in [1.807, 2.05) is 0 Å². The molecule has 0 aliphatic carbocycles. The highest BCUT2D eigenvalue weighted by Crippen LogP contribution is 2.16. The summed E-state index contributed by atoms with van der Waals surface area (Å²) in [6.45, 7) is 6.49. The quantitative estimate of drug-likeness (QED) is 0.0262. The molecule has 0 N–H and O–H groups in total. The molecule has 0 spiro atoms. The van der Waals surface area contributed by atoms with Crippen LogP contribution in [0.3, 0.4) is 0 Å². The maximum atomic E-state index is 12.8. The highest BCUT2D eigenvalue weighted by molar-refractivity contribution is 5.71. The van der Waals surface area contributed by atoms with Crippen LogP contribution in [-0.4, -0.2) is 37.2 Å². The van der Waals surface area contributed by atoms with Crippen molar-refractivity contribution >= 4 is 17.9 Å². The van der Waals surface area contributed by atoms with E-state index in [1.165, 1.54) is 148 Å². The third-order valence-electron chi connectivity index (χ3n) is 12.2. The zero-order valence-corrected chi connectivity index (χ0v) is 44.2. The smallest absolute Gasteiger partial charge is 0.306 e. The first-order valence-corrected chi connectivity index (χ1v) is 28.4. The van der Waals surface area contributed by atoms with Crippen LogP contribution in [0.5, 0.6) is 0 Å². The number of unbranched alkanes of at least 4 members (excludes halogenated alkanes) is 28. The van der Waals surface area contributed by atoms with Gasteiger partial charge in [-0.05, 0) is 83.5 Å². The fraction of sp³-hybridized carbons (Fsp3) is 0.754. The van der Waals surface area contributed by atoms with Crippen LogP contribution in [0.1, 0.15) is 278 Å². The predicted molar refractivity (Wildman–Crippen MR) is 288 cm³/mol. The van der Waals surface area contributed by atoms with E-state index < -0.39 is 6.10 Å². The van der Waals surface area contributed by atoms with Gasteiger partial charge in [-0.25, -0.2) is 0 Å². The average Bonchev–Trinajstić information content (AvgIpc) is 3.33. The zero-order valence-electron chi connectivity index (χ0n) is 44.2. The highest BCUT2D eigenvalue weighted by atomic mass is 16.6. The Morgan fingerprint density at radius 2 is 0.597 bits per heavy atom. The third kappa shape index (κ3) is 53.7. The van der Waals surface area contributed by atoms with Crippen molar-refractivity contribution in [2.24, 2.45) is 0 Å². The molecule has 0 radical (unpaired) electrons. The first-order valence-electron chi connectivity index (χ1n) is 28.4. The van der Waals surface area contributed by atoms with Crippen molar-refractivity contribution in [3.8, 4) is 0 Å². The Hall–Kier alpha value is -3.15. The van der Waals surface area contributed by atoms with Gasteiger partial charge in [0.1, 0.15) is 13.2 Å². The number of carbonyl (C=O) groups excluding carboxylic acids is 3. The summed E-state index contributed by atoms with van der Waals surface area (Å²) >= 11 is 0. The molecule has 0 aliphatic rings. The van der Waals surface area contributed by atoms with E-state index >= 15 is 0 Å². The van der Waals surface area contributed by atoms with Crippen molar-refractivity contribution < 1.29 is 28.6 Å². The number of hydrogen-bond acceptors (Lipinski definition) is 6. The van der Waals surface area contributed by atoms with Crippen LogP contribution in [0.25, 0.3) is 0 Å². The number of esters is 3. The lowest BCUT2D eigenvalue weighted by molar-refractivity contribution is -0.167. The summed E-state index contributed by atoms with van der Waals surface area (Å²) in [6, 6.07) is 0. The zero-order chi connectivity index (χ0) is 48.6. The second-order valence-electron chi connectivity index (χ2n) is 18.8. The van der Waals surface area contributed by atoms with Crippen molar-refractivity contribution in [2.45, 2.75) is 284 Å². The molecule has 0 saturated carbocycles. The molecular weight excluding hydrogens is 829 g/mol. The van der Waals surface area contributed by atoms with Crippen LogP contribution in [-0.2, 0) is 28.6 Å². The van der Waals surface area contributed by atoms with E-state index in [4.69, 9.17) is 14.2 Å². The number of carbonyl (C=O) groups is 3. The fourth-order valence-corrected chi connectivity index (χ4v) is 7.94. The van der Waals surface area contributed by atoms with Gasteiger partial charge in [-0.2, -0.15) is 0 Å². The first kappa shape index (κ1) is 63.8. The topological polar surface area (TPSA) is 78.9 Å². The normalized spacial score (nSPS) is 12.6. The van der Waals surface area contributed by atoms with E-state index in [0.29, 0.717) is 19.3 Å². The molecule has 0 heterocycles. The molecule has 0 aromatic rings. The molecule has 6 nitrogen and oxygen atoms in total. The number of rotatable bonds is 51. The van der Waals surface area contributed by atoms with E-state index in [9.17, 15) is 14.4 Å². The van der Waals surface area contributed by atoms with E-state index in [1.54, 1.807) is 0 Å². The molecule has 0 fully saturated rings. The van der Waals surface area contributed by atoms with Crippen LogP contribution < -0.4 is 0 Å². The second kappa shape index (κ2) is 55.4. The first-order chi connectivity index (χ1) is 33.0. The molecule has 386 valence electrons. The van der Waals surface area contributed by atoms with Crippen LogP contribution in [0.4, 0.5) is 0 Å². The molecule has 0 aliphatic heterocycles. The maximum absolute atomic E-state index is 12.8. The molecule has 0 amide bonds. The lowest BCUT2D eigenvalue weighted by Gasteiger charge is -2.18. The summed E-state index contributed by atoms with van der Waals surface area (Å²) in [5, 5.41) is 0. The third-order valence-corrected chi connectivity index (χ3v) is 12.2. The van der Waals surface area contributed by atoms with Gasteiger partial charge in [-0.15, -0.1) is 0 Å². The summed E-state index contributed by atoms with van der Waals surface area (Å²) in [6.07, 6.45) is 70.4. The summed E-state index contributed by atoms with van der Waals surface area (Å²) in [4.78, 5) is 38.1. The van der Waals surface area contributed by atoms with Gasteiger partial charge in [-0.1, -0.05) is 248 Å². The van der Waals surface area contributed by atoms with Crippen LogP contribution in [0.15, 0.2) is 72.9 Å². The number of ether oxygens (including phenoxy) is 3. The molecular formula is C61H106O6. The summed E-state index contributed by atoms with van der Waals surface area (Å²) in [7, 11) is 0. The molecule has 0 aromatic heterocycles. The fourth-order valence-electron chi connectivity index (χ4n) is 7.94. The van der Waals surface area contributed by atoms with Crippen molar-refractivity contribution in [2.75, 3.05) is 13.2 Å². The molecule has 0 bridgehead atoms. The van der Waals surface area contributed by atoms with Gasteiger partial charge in [-0.3, -0.25) is 14.4 Å². The van der Waals surface area contributed by atoms with Gasteiger partial charge in [0.25, 0.3) is 0 Å². The van der Waals surface area contributed by atoms with Gasteiger partial charge in [0, 0.05) is 19.3 Å². The molecule has 67 heavy (non-hydrogen) atoms. The number of allylic oxidation sites excluding steroid dienone is 12. The van der Waals surface area contributed by atoms with Crippen LogP contribution in [0.2, 0.25) is 0 Å². The Morgan fingerprint density at radius 3 is 0.970 bits per heavy atom. The Morgan fingerprint density at radius 1 is 0.313 bits per heavy atom. The lowest BCUT2D eigenvalue weighted by Crippen LogP contribution is -2.30.